The second-order valence-electron chi connectivity index (χ2n) is 7.41. The summed E-state index contributed by atoms with van der Waals surface area (Å²) in [7, 11) is 0. The van der Waals surface area contributed by atoms with E-state index in [0.717, 1.165) is 37.2 Å². The highest BCUT2D eigenvalue weighted by molar-refractivity contribution is 5.61. The van der Waals surface area contributed by atoms with E-state index >= 15 is 0 Å². The fourth-order valence-corrected chi connectivity index (χ4v) is 3.40. The summed E-state index contributed by atoms with van der Waals surface area (Å²) < 4.78 is 27.8. The number of nitrogens with zero attached hydrogens (tertiary/aromatic N) is 3. The molecular weight excluding hydrogens is 396 g/mol. The minimum atomic E-state index is -0.469. The van der Waals surface area contributed by atoms with Crippen molar-refractivity contribution in [3.8, 4) is 11.3 Å². The van der Waals surface area contributed by atoms with Gasteiger partial charge in [0.1, 0.15) is 11.5 Å². The number of hydrogen-bond donors (Lipinski definition) is 2. The Balaban J connectivity index is 1.69. The zero-order valence-corrected chi connectivity index (χ0v) is 17.8. The molecule has 3 aromatic rings. The summed E-state index contributed by atoms with van der Waals surface area (Å²) >= 11 is 0. The first kappa shape index (κ1) is 22.8. The molecule has 0 unspecified atom stereocenters. The van der Waals surface area contributed by atoms with Crippen LogP contribution in [0.15, 0.2) is 54.7 Å². The summed E-state index contributed by atoms with van der Waals surface area (Å²) in [6, 6.07) is 14.2. The van der Waals surface area contributed by atoms with Gasteiger partial charge in [-0.15, -0.1) is 0 Å². The van der Waals surface area contributed by atoms with E-state index in [2.05, 4.69) is 27.1 Å². The molecule has 0 saturated heterocycles. The van der Waals surface area contributed by atoms with E-state index in [1.54, 1.807) is 6.07 Å². The average Bonchev–Trinajstić information content (AvgIpc) is 2.78. The minimum Gasteiger partial charge on any atom is -0.354 e. The second-order valence-corrected chi connectivity index (χ2v) is 7.41. The number of nitrogens with two attached hydrogens (primary N) is 1. The van der Waals surface area contributed by atoms with Crippen LogP contribution in [0, 0.1) is 11.6 Å². The Morgan fingerprint density at radius 1 is 1.06 bits per heavy atom. The molecule has 7 heteroatoms. The van der Waals surface area contributed by atoms with Crippen molar-refractivity contribution in [1.82, 2.24) is 14.9 Å². The van der Waals surface area contributed by atoms with Crippen molar-refractivity contribution in [3.05, 3.63) is 77.5 Å². The van der Waals surface area contributed by atoms with Gasteiger partial charge in [-0.2, -0.15) is 0 Å². The van der Waals surface area contributed by atoms with Gasteiger partial charge in [-0.25, -0.2) is 18.7 Å². The third kappa shape index (κ3) is 6.80. The standard InChI is InChI=1S/C24H29F2N5/c1-2-31(13-5-11-27)17-19-7-3-8-20(14-19)23-22(26)16-29-24(30-23)28-12-10-18-6-4-9-21(25)15-18/h3-4,6-9,14-16H,2,5,10-13,17,27H2,1H3,(H,28,29,30). The summed E-state index contributed by atoms with van der Waals surface area (Å²) in [6.07, 6.45) is 2.73. The number of benzene rings is 2. The molecule has 5 nitrogen and oxygen atoms in total. The van der Waals surface area contributed by atoms with Crippen molar-refractivity contribution in [3.63, 3.8) is 0 Å². The first-order valence-corrected chi connectivity index (χ1v) is 10.6. The maximum Gasteiger partial charge on any atom is 0.223 e. The summed E-state index contributed by atoms with van der Waals surface area (Å²) in [5.41, 5.74) is 8.56. The van der Waals surface area contributed by atoms with Crippen molar-refractivity contribution in [1.29, 1.82) is 0 Å². The number of hydrogen-bond acceptors (Lipinski definition) is 5. The monoisotopic (exact) mass is 425 g/mol. The van der Waals surface area contributed by atoms with E-state index in [4.69, 9.17) is 5.73 Å². The fourth-order valence-electron chi connectivity index (χ4n) is 3.40. The number of nitrogens with one attached hydrogen (secondary N) is 1. The normalized spacial score (nSPS) is 11.1. The first-order chi connectivity index (χ1) is 15.1. The maximum atomic E-state index is 14.5. The van der Waals surface area contributed by atoms with Gasteiger partial charge in [0, 0.05) is 18.7 Å². The van der Waals surface area contributed by atoms with E-state index in [1.165, 1.54) is 18.3 Å². The largest absolute Gasteiger partial charge is 0.354 e. The molecular formula is C24H29F2N5. The Hall–Kier alpha value is -2.90. The highest BCUT2D eigenvalue weighted by Crippen LogP contribution is 2.23. The zero-order chi connectivity index (χ0) is 22.1. The second kappa shape index (κ2) is 11.5. The summed E-state index contributed by atoms with van der Waals surface area (Å²) in [5, 5.41) is 3.10. The molecule has 0 atom stereocenters. The van der Waals surface area contributed by atoms with Crippen LogP contribution in [0.4, 0.5) is 14.7 Å². The van der Waals surface area contributed by atoms with E-state index < -0.39 is 5.82 Å². The quantitative estimate of drug-likeness (QED) is 0.481. The molecule has 0 radical (unpaired) electrons. The van der Waals surface area contributed by atoms with Crippen molar-refractivity contribution in [2.24, 2.45) is 5.73 Å². The molecule has 0 saturated carbocycles. The van der Waals surface area contributed by atoms with Crippen LogP contribution in [-0.2, 0) is 13.0 Å². The molecule has 2 aromatic carbocycles. The van der Waals surface area contributed by atoms with Crippen LogP contribution in [0.25, 0.3) is 11.3 Å². The lowest BCUT2D eigenvalue weighted by molar-refractivity contribution is 0.278. The molecule has 0 spiro atoms. The van der Waals surface area contributed by atoms with Crippen LogP contribution >= 0.6 is 0 Å². The number of halogens is 2. The van der Waals surface area contributed by atoms with E-state index in [-0.39, 0.29) is 11.5 Å². The summed E-state index contributed by atoms with van der Waals surface area (Å²) in [4.78, 5) is 10.7. The molecule has 164 valence electrons. The SMILES string of the molecule is CCN(CCCN)Cc1cccc(-c2nc(NCCc3cccc(F)c3)ncc2F)c1. The van der Waals surface area contributed by atoms with Crippen LogP contribution in [0.3, 0.4) is 0 Å². The van der Waals surface area contributed by atoms with Gasteiger partial charge in [0.15, 0.2) is 5.82 Å². The summed E-state index contributed by atoms with van der Waals surface area (Å²) in [5.74, 6) is -0.387. The molecule has 0 aliphatic rings. The molecule has 31 heavy (non-hydrogen) atoms. The van der Waals surface area contributed by atoms with Gasteiger partial charge in [-0.3, -0.25) is 4.90 Å². The van der Waals surface area contributed by atoms with Gasteiger partial charge in [-0.05, 0) is 61.8 Å². The predicted molar refractivity (Wildman–Crippen MR) is 121 cm³/mol. The fraction of sp³-hybridized carbons (Fsp3) is 0.333. The lowest BCUT2D eigenvalue weighted by atomic mass is 10.1. The van der Waals surface area contributed by atoms with Crippen LogP contribution in [-0.4, -0.2) is 41.0 Å². The molecule has 1 heterocycles. The van der Waals surface area contributed by atoms with Crippen LogP contribution in [0.2, 0.25) is 0 Å². The van der Waals surface area contributed by atoms with Crippen molar-refractivity contribution >= 4 is 5.95 Å². The lowest BCUT2D eigenvalue weighted by Crippen LogP contribution is -2.25. The third-order valence-electron chi connectivity index (χ3n) is 5.06. The van der Waals surface area contributed by atoms with E-state index in [0.29, 0.717) is 31.0 Å². The molecule has 0 fully saturated rings. The van der Waals surface area contributed by atoms with Crippen LogP contribution < -0.4 is 11.1 Å². The lowest BCUT2D eigenvalue weighted by Gasteiger charge is -2.20. The average molecular weight is 426 g/mol. The highest BCUT2D eigenvalue weighted by atomic mass is 19.1. The van der Waals surface area contributed by atoms with Crippen LogP contribution in [0.1, 0.15) is 24.5 Å². The summed E-state index contributed by atoms with van der Waals surface area (Å²) in [6.45, 7) is 5.92. The number of anilines is 1. The van der Waals surface area contributed by atoms with E-state index in [9.17, 15) is 8.78 Å². The van der Waals surface area contributed by atoms with Crippen LogP contribution in [0.5, 0.6) is 0 Å². The third-order valence-corrected chi connectivity index (χ3v) is 5.06. The molecule has 1 aromatic heterocycles. The number of aromatic nitrogens is 2. The van der Waals surface area contributed by atoms with Gasteiger partial charge in [0.05, 0.1) is 6.20 Å². The predicted octanol–water partition coefficient (Wildman–Crippen LogP) is 4.25. The van der Waals surface area contributed by atoms with Gasteiger partial charge in [0.25, 0.3) is 0 Å². The van der Waals surface area contributed by atoms with Gasteiger partial charge in [-0.1, -0.05) is 37.3 Å². The zero-order valence-electron chi connectivity index (χ0n) is 17.8. The topological polar surface area (TPSA) is 67.1 Å². The maximum absolute atomic E-state index is 14.5. The highest BCUT2D eigenvalue weighted by Gasteiger charge is 2.11. The first-order valence-electron chi connectivity index (χ1n) is 10.6. The van der Waals surface area contributed by atoms with Crippen molar-refractivity contribution < 1.29 is 8.78 Å². The van der Waals surface area contributed by atoms with Crippen molar-refractivity contribution in [2.75, 3.05) is 31.5 Å². The molecule has 0 amide bonds. The van der Waals surface area contributed by atoms with Gasteiger partial charge >= 0.3 is 0 Å². The molecule has 3 N–H and O–H groups in total. The van der Waals surface area contributed by atoms with Crippen molar-refractivity contribution in [2.45, 2.75) is 26.3 Å². The Labute approximate surface area is 182 Å². The minimum absolute atomic E-state index is 0.259. The Kier molecular flexibility index (Phi) is 8.44. The smallest absolute Gasteiger partial charge is 0.223 e. The Morgan fingerprint density at radius 2 is 1.87 bits per heavy atom. The number of rotatable bonds is 11. The molecule has 0 aliphatic carbocycles. The molecule has 0 aliphatic heterocycles. The Bertz CT molecular complexity index is 980. The molecule has 0 bridgehead atoms. The van der Waals surface area contributed by atoms with Gasteiger partial charge in [0.2, 0.25) is 5.95 Å². The van der Waals surface area contributed by atoms with E-state index in [1.807, 2.05) is 30.3 Å². The molecule has 3 rings (SSSR count). The van der Waals surface area contributed by atoms with Gasteiger partial charge < -0.3 is 11.1 Å². The Morgan fingerprint density at radius 3 is 2.65 bits per heavy atom.